The molecule has 0 aliphatic heterocycles. The molecule has 1 N–H and O–H groups in total. The summed E-state index contributed by atoms with van der Waals surface area (Å²) in [6, 6.07) is 26.5. The van der Waals surface area contributed by atoms with E-state index >= 15 is 0 Å². The van der Waals surface area contributed by atoms with E-state index in [0.717, 1.165) is 22.8 Å². The molecule has 0 unspecified atom stereocenters. The molecule has 0 aliphatic rings. The van der Waals surface area contributed by atoms with Gasteiger partial charge in [0.05, 0.1) is 35.1 Å². The summed E-state index contributed by atoms with van der Waals surface area (Å²) in [5.74, 6) is 0.312. The zero-order chi connectivity index (χ0) is 26.9. The number of aromatic nitrogens is 2. The lowest BCUT2D eigenvalue weighted by atomic mass is 10.1. The maximum atomic E-state index is 13.5. The van der Waals surface area contributed by atoms with Gasteiger partial charge in [-0.3, -0.25) is 14.2 Å². The molecule has 6 aromatic rings. The highest BCUT2D eigenvalue weighted by Crippen LogP contribution is 2.36. The smallest absolute Gasteiger partial charge is 0.266 e. The first kappa shape index (κ1) is 24.8. The van der Waals surface area contributed by atoms with Crippen LogP contribution in [0.1, 0.15) is 12.5 Å². The number of benzene rings is 4. The van der Waals surface area contributed by atoms with Crippen LogP contribution < -0.4 is 15.6 Å². The fourth-order valence-electron chi connectivity index (χ4n) is 4.65. The molecule has 7 nitrogen and oxygen atoms in total. The van der Waals surface area contributed by atoms with Crippen LogP contribution in [0.5, 0.6) is 5.75 Å². The van der Waals surface area contributed by atoms with Crippen LogP contribution in [-0.2, 0) is 11.2 Å². The van der Waals surface area contributed by atoms with E-state index in [9.17, 15) is 9.59 Å². The van der Waals surface area contributed by atoms with Crippen molar-refractivity contribution in [1.82, 2.24) is 9.55 Å². The minimum absolute atomic E-state index is 0.0408. The summed E-state index contributed by atoms with van der Waals surface area (Å²) in [4.78, 5) is 31.4. The Kier molecular flexibility index (Phi) is 6.54. The number of amides is 1. The van der Waals surface area contributed by atoms with E-state index in [4.69, 9.17) is 14.1 Å². The third-order valence-electron chi connectivity index (χ3n) is 6.65. The van der Waals surface area contributed by atoms with E-state index in [-0.39, 0.29) is 17.2 Å². The van der Waals surface area contributed by atoms with Crippen molar-refractivity contribution in [3.05, 3.63) is 101 Å². The minimum atomic E-state index is -0.260. The standard InChI is InChI=1S/C31H25N3O4S/c1-3-19-12-14-20(15-13-19)34-30(36)22-9-4-6-10-24(22)33-31(34)39-18-29(35)32-25-17-27-23(16-28(25)37-2)21-8-5-7-11-26(21)38-27/h4-17H,3,18H2,1-2H3,(H,32,35). The van der Waals surface area contributed by atoms with E-state index in [0.29, 0.717) is 38.8 Å². The fraction of sp³-hybridized carbons (Fsp3) is 0.129. The Bertz CT molecular complexity index is 1910. The highest BCUT2D eigenvalue weighted by Gasteiger charge is 2.17. The first-order chi connectivity index (χ1) is 19.1. The summed E-state index contributed by atoms with van der Waals surface area (Å²) in [6.07, 6.45) is 0.899. The van der Waals surface area contributed by atoms with E-state index < -0.39 is 0 Å². The average molecular weight is 536 g/mol. The van der Waals surface area contributed by atoms with Crippen molar-refractivity contribution in [2.24, 2.45) is 0 Å². The number of fused-ring (bicyclic) bond motifs is 4. The Morgan fingerprint density at radius 2 is 1.69 bits per heavy atom. The van der Waals surface area contributed by atoms with Crippen LogP contribution >= 0.6 is 11.8 Å². The number of carbonyl (C=O) groups is 1. The summed E-state index contributed by atoms with van der Waals surface area (Å²) in [7, 11) is 1.56. The molecule has 8 heteroatoms. The highest BCUT2D eigenvalue weighted by molar-refractivity contribution is 7.99. The summed E-state index contributed by atoms with van der Waals surface area (Å²) >= 11 is 1.20. The number of rotatable bonds is 7. The topological polar surface area (TPSA) is 86.4 Å². The van der Waals surface area contributed by atoms with Crippen LogP contribution in [0.4, 0.5) is 5.69 Å². The molecule has 39 heavy (non-hydrogen) atoms. The third-order valence-corrected chi connectivity index (χ3v) is 7.59. The number of carbonyl (C=O) groups excluding carboxylic acids is 1. The summed E-state index contributed by atoms with van der Waals surface area (Å²) in [5.41, 5.74) is 4.21. The van der Waals surface area contributed by atoms with Crippen LogP contribution in [0.25, 0.3) is 38.5 Å². The highest BCUT2D eigenvalue weighted by atomic mass is 32.2. The van der Waals surface area contributed by atoms with Gasteiger partial charge in [-0.2, -0.15) is 0 Å². The number of thioether (sulfide) groups is 1. The molecule has 4 aromatic carbocycles. The van der Waals surface area contributed by atoms with Gasteiger partial charge in [0.15, 0.2) is 5.16 Å². The lowest BCUT2D eigenvalue weighted by molar-refractivity contribution is -0.113. The average Bonchev–Trinajstić information content (AvgIpc) is 3.33. The molecular formula is C31H25N3O4S. The molecule has 0 fully saturated rings. The van der Waals surface area contributed by atoms with E-state index in [1.54, 1.807) is 29.9 Å². The molecule has 2 heterocycles. The zero-order valence-corrected chi connectivity index (χ0v) is 22.2. The van der Waals surface area contributed by atoms with E-state index in [1.165, 1.54) is 17.3 Å². The normalized spacial score (nSPS) is 11.3. The van der Waals surface area contributed by atoms with Crippen molar-refractivity contribution in [1.29, 1.82) is 0 Å². The Hall–Kier alpha value is -4.56. The lowest BCUT2D eigenvalue weighted by Gasteiger charge is -2.14. The Balaban J connectivity index is 1.31. The summed E-state index contributed by atoms with van der Waals surface area (Å²) in [5, 5.41) is 5.79. The van der Waals surface area contributed by atoms with Crippen molar-refractivity contribution in [3.8, 4) is 11.4 Å². The number of para-hydroxylation sites is 2. The number of furan rings is 1. The van der Waals surface area contributed by atoms with Crippen molar-refractivity contribution >= 4 is 56.2 Å². The van der Waals surface area contributed by atoms with Crippen LogP contribution in [0, 0.1) is 0 Å². The number of nitrogens with one attached hydrogen (secondary N) is 1. The Labute approximate surface area is 228 Å². The van der Waals surface area contributed by atoms with E-state index in [1.807, 2.05) is 66.7 Å². The van der Waals surface area contributed by atoms with Crippen molar-refractivity contribution < 1.29 is 13.9 Å². The van der Waals surface area contributed by atoms with Crippen LogP contribution in [0.3, 0.4) is 0 Å². The molecule has 0 aliphatic carbocycles. The second kappa shape index (κ2) is 10.3. The zero-order valence-electron chi connectivity index (χ0n) is 21.4. The maximum absolute atomic E-state index is 13.5. The third kappa shape index (κ3) is 4.64. The molecule has 6 rings (SSSR count). The Morgan fingerprint density at radius 1 is 0.949 bits per heavy atom. The molecule has 0 saturated heterocycles. The monoisotopic (exact) mass is 535 g/mol. The van der Waals surface area contributed by atoms with Gasteiger partial charge in [-0.05, 0) is 48.4 Å². The first-order valence-corrected chi connectivity index (χ1v) is 13.6. The van der Waals surface area contributed by atoms with Crippen LogP contribution in [-0.4, -0.2) is 28.3 Å². The van der Waals surface area contributed by atoms with Gasteiger partial charge >= 0.3 is 0 Å². The fourth-order valence-corrected chi connectivity index (χ4v) is 5.46. The predicted molar refractivity (Wildman–Crippen MR) is 156 cm³/mol. The van der Waals surface area contributed by atoms with Crippen molar-refractivity contribution in [3.63, 3.8) is 0 Å². The quantitative estimate of drug-likeness (QED) is 0.183. The lowest BCUT2D eigenvalue weighted by Crippen LogP contribution is -2.23. The predicted octanol–water partition coefficient (Wildman–Crippen LogP) is 6.59. The number of methoxy groups -OCH3 is 1. The SMILES string of the molecule is CCc1ccc(-n2c(SCC(=O)Nc3cc4oc5ccccc5c4cc3OC)nc3ccccc3c2=O)cc1. The number of anilines is 1. The summed E-state index contributed by atoms with van der Waals surface area (Å²) < 4.78 is 13.1. The first-order valence-electron chi connectivity index (χ1n) is 12.6. The van der Waals surface area contributed by atoms with Gasteiger partial charge in [0.25, 0.3) is 5.56 Å². The summed E-state index contributed by atoms with van der Waals surface area (Å²) in [6.45, 7) is 2.08. The van der Waals surface area contributed by atoms with Gasteiger partial charge in [0.2, 0.25) is 5.91 Å². The molecular weight excluding hydrogens is 510 g/mol. The van der Waals surface area contributed by atoms with Crippen molar-refractivity contribution in [2.75, 3.05) is 18.2 Å². The Morgan fingerprint density at radius 3 is 2.46 bits per heavy atom. The number of ether oxygens (including phenoxy) is 1. The largest absolute Gasteiger partial charge is 0.495 e. The number of hydrogen-bond donors (Lipinski definition) is 1. The molecule has 194 valence electrons. The molecule has 1 amide bonds. The number of hydrogen-bond acceptors (Lipinski definition) is 6. The molecule has 0 atom stereocenters. The van der Waals surface area contributed by atoms with Crippen LogP contribution in [0.15, 0.2) is 99.3 Å². The van der Waals surface area contributed by atoms with Gasteiger partial charge in [-0.25, -0.2) is 4.98 Å². The molecule has 0 spiro atoms. The molecule has 0 saturated carbocycles. The van der Waals surface area contributed by atoms with Gasteiger partial charge in [0, 0.05) is 16.8 Å². The van der Waals surface area contributed by atoms with Gasteiger partial charge in [-0.1, -0.05) is 61.2 Å². The molecule has 0 bridgehead atoms. The number of aryl methyl sites for hydroxylation is 1. The van der Waals surface area contributed by atoms with Crippen molar-refractivity contribution in [2.45, 2.75) is 18.5 Å². The van der Waals surface area contributed by atoms with Gasteiger partial charge in [0.1, 0.15) is 16.9 Å². The number of nitrogens with zero attached hydrogens (tertiary/aromatic N) is 2. The molecule has 2 aromatic heterocycles. The van der Waals surface area contributed by atoms with Gasteiger partial charge in [-0.15, -0.1) is 0 Å². The van der Waals surface area contributed by atoms with E-state index in [2.05, 4.69) is 12.2 Å². The molecule has 0 radical (unpaired) electrons. The second-order valence-corrected chi connectivity index (χ2v) is 10.00. The van der Waals surface area contributed by atoms with Gasteiger partial charge < -0.3 is 14.5 Å². The maximum Gasteiger partial charge on any atom is 0.266 e. The second-order valence-electron chi connectivity index (χ2n) is 9.06. The minimum Gasteiger partial charge on any atom is -0.495 e. The van der Waals surface area contributed by atoms with Crippen LogP contribution in [0.2, 0.25) is 0 Å².